The molecule has 9 nitrogen and oxygen atoms in total. The Morgan fingerprint density at radius 3 is 2.70 bits per heavy atom. The Hall–Kier alpha value is -1.87. The molecule has 1 aliphatic heterocycles. The molecule has 3 N–H and O–H groups in total. The average molecular weight is 347 g/mol. The van der Waals surface area contributed by atoms with E-state index in [1.165, 1.54) is 4.68 Å². The quantitative estimate of drug-likeness (QED) is 0.491. The van der Waals surface area contributed by atoms with Crippen molar-refractivity contribution in [3.63, 3.8) is 0 Å². The number of anilines is 1. The Kier molecular flexibility index (Phi) is 6.77. The van der Waals surface area contributed by atoms with Crippen LogP contribution in [0.15, 0.2) is 0 Å². The highest BCUT2D eigenvalue weighted by Gasteiger charge is 2.28. The maximum atomic E-state index is 12.2. The summed E-state index contributed by atoms with van der Waals surface area (Å²) in [5.74, 6) is 0.576. The van der Waals surface area contributed by atoms with Gasteiger partial charge in [0.1, 0.15) is 11.7 Å². The lowest BCUT2D eigenvalue weighted by molar-refractivity contribution is -0.384. The minimum atomic E-state index is -0.526. The van der Waals surface area contributed by atoms with Gasteiger partial charge in [-0.2, -0.15) is 5.10 Å². The summed E-state index contributed by atoms with van der Waals surface area (Å²) < 4.78 is 1.40. The molecule has 0 bridgehead atoms. The van der Waals surface area contributed by atoms with Gasteiger partial charge in [0.25, 0.3) is 0 Å². The van der Waals surface area contributed by atoms with Crippen molar-refractivity contribution in [1.29, 1.82) is 0 Å². The minimum Gasteiger partial charge on any atom is -0.354 e. The Balaban J connectivity index is 0.00000264. The predicted molar refractivity (Wildman–Crippen MR) is 88.9 cm³/mol. The van der Waals surface area contributed by atoms with Crippen LogP contribution >= 0.6 is 12.4 Å². The molecule has 2 heterocycles. The van der Waals surface area contributed by atoms with Crippen LogP contribution in [-0.2, 0) is 11.8 Å². The summed E-state index contributed by atoms with van der Waals surface area (Å²) in [5, 5.41) is 24.2. The topological polar surface area (TPSA) is 114 Å². The number of nitrogens with one attached hydrogen (secondary N) is 3. The van der Waals surface area contributed by atoms with Crippen molar-refractivity contribution in [1.82, 2.24) is 20.4 Å². The normalized spacial score (nSPS) is 15.3. The fourth-order valence-electron chi connectivity index (χ4n) is 2.41. The highest BCUT2D eigenvalue weighted by atomic mass is 35.5. The van der Waals surface area contributed by atoms with Gasteiger partial charge in [0, 0.05) is 32.6 Å². The highest BCUT2D eigenvalue weighted by molar-refractivity contribution is 5.85. The number of rotatable bonds is 7. The largest absolute Gasteiger partial charge is 0.354 e. The molecule has 1 atom stereocenters. The molecule has 0 spiro atoms. The van der Waals surface area contributed by atoms with E-state index < -0.39 is 11.0 Å². The lowest BCUT2D eigenvalue weighted by atomic mass is 10.0. The summed E-state index contributed by atoms with van der Waals surface area (Å²) in [6.07, 6.45) is 0.524. The van der Waals surface area contributed by atoms with Crippen LogP contribution in [0.1, 0.15) is 19.0 Å². The van der Waals surface area contributed by atoms with Crippen molar-refractivity contribution in [3.8, 4) is 0 Å². The molecule has 0 saturated carbocycles. The number of halogens is 1. The molecule has 0 aliphatic carbocycles. The van der Waals surface area contributed by atoms with E-state index in [1.807, 2.05) is 6.92 Å². The van der Waals surface area contributed by atoms with E-state index in [2.05, 4.69) is 21.0 Å². The number of amides is 1. The molecule has 1 amide bonds. The molecule has 1 aromatic heterocycles. The van der Waals surface area contributed by atoms with Crippen LogP contribution in [0, 0.1) is 23.0 Å². The SMILES string of the molecule is CCC(Nc1c([N+](=O)[O-])c(C)nn1C)C(=O)NCC1CNC1.Cl. The summed E-state index contributed by atoms with van der Waals surface area (Å²) in [5.41, 5.74) is 0.239. The summed E-state index contributed by atoms with van der Waals surface area (Å²) in [6, 6.07) is -0.526. The van der Waals surface area contributed by atoms with Crippen molar-refractivity contribution in [2.45, 2.75) is 26.3 Å². The van der Waals surface area contributed by atoms with Crippen molar-refractivity contribution in [3.05, 3.63) is 15.8 Å². The minimum absolute atomic E-state index is 0. The van der Waals surface area contributed by atoms with Gasteiger partial charge in [-0.3, -0.25) is 14.9 Å². The highest BCUT2D eigenvalue weighted by Crippen LogP contribution is 2.28. The molecule has 2 rings (SSSR count). The molecule has 1 unspecified atom stereocenters. The van der Waals surface area contributed by atoms with Crippen molar-refractivity contribution < 1.29 is 9.72 Å². The predicted octanol–water partition coefficient (Wildman–Crippen LogP) is 0.585. The number of carbonyl (C=O) groups excluding carboxylic acids is 1. The molecule has 0 radical (unpaired) electrons. The molecule has 1 aromatic rings. The van der Waals surface area contributed by atoms with Crippen molar-refractivity contribution in [2.75, 3.05) is 25.0 Å². The van der Waals surface area contributed by atoms with Gasteiger partial charge in [-0.15, -0.1) is 12.4 Å². The van der Waals surface area contributed by atoms with E-state index >= 15 is 0 Å². The molecular formula is C13H23ClN6O3. The fraction of sp³-hybridized carbons (Fsp3) is 0.692. The van der Waals surface area contributed by atoms with Crippen LogP contribution in [0.5, 0.6) is 0 Å². The van der Waals surface area contributed by atoms with Gasteiger partial charge >= 0.3 is 5.69 Å². The van der Waals surface area contributed by atoms with E-state index in [1.54, 1.807) is 14.0 Å². The summed E-state index contributed by atoms with van der Waals surface area (Å²) in [7, 11) is 1.62. The molecular weight excluding hydrogens is 324 g/mol. The average Bonchev–Trinajstić information content (AvgIpc) is 2.68. The third-order valence-electron chi connectivity index (χ3n) is 3.84. The third-order valence-corrected chi connectivity index (χ3v) is 3.84. The molecule has 1 aliphatic rings. The molecule has 1 saturated heterocycles. The Labute approximate surface area is 140 Å². The second-order valence-electron chi connectivity index (χ2n) is 5.54. The van der Waals surface area contributed by atoms with Crippen molar-refractivity contribution in [2.24, 2.45) is 13.0 Å². The zero-order chi connectivity index (χ0) is 16.3. The molecule has 0 aromatic carbocycles. The second-order valence-corrected chi connectivity index (χ2v) is 5.54. The van der Waals surface area contributed by atoms with Crippen LogP contribution in [0.2, 0.25) is 0 Å². The van der Waals surface area contributed by atoms with Crippen LogP contribution < -0.4 is 16.0 Å². The monoisotopic (exact) mass is 346 g/mol. The first-order chi connectivity index (χ1) is 10.4. The third kappa shape index (κ3) is 4.32. The number of aromatic nitrogens is 2. The van der Waals surface area contributed by atoms with Gasteiger partial charge < -0.3 is 16.0 Å². The fourth-order valence-corrected chi connectivity index (χ4v) is 2.41. The Bertz CT molecular complexity index is 572. The Morgan fingerprint density at radius 1 is 1.57 bits per heavy atom. The molecule has 23 heavy (non-hydrogen) atoms. The molecule has 130 valence electrons. The lowest BCUT2D eigenvalue weighted by Gasteiger charge is -2.28. The van der Waals surface area contributed by atoms with E-state index in [4.69, 9.17) is 0 Å². The summed E-state index contributed by atoms with van der Waals surface area (Å²) in [4.78, 5) is 22.9. The van der Waals surface area contributed by atoms with Gasteiger partial charge in [0.2, 0.25) is 11.7 Å². The van der Waals surface area contributed by atoms with Gasteiger partial charge in [-0.1, -0.05) is 6.92 Å². The first-order valence-corrected chi connectivity index (χ1v) is 7.37. The first-order valence-electron chi connectivity index (χ1n) is 7.37. The summed E-state index contributed by atoms with van der Waals surface area (Å²) in [6.45, 7) is 5.88. The van der Waals surface area contributed by atoms with E-state index in [9.17, 15) is 14.9 Å². The van der Waals surface area contributed by atoms with Gasteiger partial charge in [-0.25, -0.2) is 4.68 Å². The van der Waals surface area contributed by atoms with Gasteiger partial charge in [-0.05, 0) is 13.3 Å². The number of hydrogen-bond donors (Lipinski definition) is 3. The van der Waals surface area contributed by atoms with Crippen LogP contribution in [0.3, 0.4) is 0 Å². The standard InChI is InChI=1S/C13H22N6O3.ClH/c1-4-10(13(20)15-7-9-5-14-6-9)16-12-11(19(21)22)8(2)17-18(12)3;/h9-10,14,16H,4-7H2,1-3H3,(H,15,20);1H. The summed E-state index contributed by atoms with van der Waals surface area (Å²) >= 11 is 0. The zero-order valence-corrected chi connectivity index (χ0v) is 14.3. The van der Waals surface area contributed by atoms with Gasteiger partial charge in [0.15, 0.2) is 0 Å². The number of hydrogen-bond acceptors (Lipinski definition) is 6. The number of nitro groups is 1. The number of aryl methyl sites for hydroxylation is 2. The zero-order valence-electron chi connectivity index (χ0n) is 13.5. The number of carbonyl (C=O) groups is 1. The van der Waals surface area contributed by atoms with E-state index in [0.717, 1.165) is 13.1 Å². The Morgan fingerprint density at radius 2 is 2.22 bits per heavy atom. The first kappa shape index (κ1) is 19.2. The smallest absolute Gasteiger partial charge is 0.333 e. The van der Waals surface area contributed by atoms with E-state index in [0.29, 0.717) is 24.6 Å². The molecule has 10 heteroatoms. The maximum absolute atomic E-state index is 12.2. The maximum Gasteiger partial charge on any atom is 0.333 e. The lowest BCUT2D eigenvalue weighted by Crippen LogP contribution is -2.50. The van der Waals surface area contributed by atoms with Gasteiger partial charge in [0.05, 0.1) is 4.92 Å². The van der Waals surface area contributed by atoms with Crippen LogP contribution in [0.25, 0.3) is 0 Å². The van der Waals surface area contributed by atoms with Crippen molar-refractivity contribution >= 4 is 29.8 Å². The van der Waals surface area contributed by atoms with Crippen LogP contribution in [0.4, 0.5) is 11.5 Å². The van der Waals surface area contributed by atoms with Crippen LogP contribution in [-0.4, -0.2) is 46.3 Å². The number of nitrogens with zero attached hydrogens (tertiary/aromatic N) is 3. The second kappa shape index (κ2) is 8.11. The molecule has 1 fully saturated rings. The van der Waals surface area contributed by atoms with E-state index in [-0.39, 0.29) is 29.8 Å².